The van der Waals surface area contributed by atoms with E-state index in [1.165, 1.54) is 0 Å². The van der Waals surface area contributed by atoms with Gasteiger partial charge in [0.2, 0.25) is 0 Å². The normalized spacial score (nSPS) is 10.1. The van der Waals surface area contributed by atoms with E-state index < -0.39 is 0 Å². The standard InChI is InChI=1S/C20H26N2O5/c1-5-27-18-7-6-14(10-19(18)26-4)8-9-21-20(23)22-15-11-16(24-2)13-17(12-15)25-3/h6-7,10-13H,5,8-9H2,1-4H3,(H2,21,22,23). The molecule has 2 aromatic carbocycles. The molecule has 0 fully saturated rings. The summed E-state index contributed by atoms with van der Waals surface area (Å²) in [4.78, 5) is 12.1. The molecule has 146 valence electrons. The van der Waals surface area contributed by atoms with Crippen LogP contribution in [0.4, 0.5) is 10.5 Å². The second-order valence-electron chi connectivity index (χ2n) is 5.65. The molecule has 2 amide bonds. The Labute approximate surface area is 159 Å². The van der Waals surface area contributed by atoms with Gasteiger partial charge < -0.3 is 29.6 Å². The number of methoxy groups -OCH3 is 3. The van der Waals surface area contributed by atoms with Gasteiger partial charge in [0.15, 0.2) is 11.5 Å². The van der Waals surface area contributed by atoms with Crippen molar-refractivity contribution >= 4 is 11.7 Å². The molecule has 0 saturated carbocycles. The quantitative estimate of drug-likeness (QED) is 0.703. The number of nitrogens with one attached hydrogen (secondary N) is 2. The van der Waals surface area contributed by atoms with Crippen molar-refractivity contribution in [3.8, 4) is 23.0 Å². The number of hydrogen-bond acceptors (Lipinski definition) is 5. The van der Waals surface area contributed by atoms with Crippen molar-refractivity contribution in [2.45, 2.75) is 13.3 Å². The lowest BCUT2D eigenvalue weighted by atomic mass is 10.1. The van der Waals surface area contributed by atoms with Crippen LogP contribution in [0.1, 0.15) is 12.5 Å². The first kappa shape index (κ1) is 20.2. The van der Waals surface area contributed by atoms with Crippen LogP contribution >= 0.6 is 0 Å². The highest BCUT2D eigenvalue weighted by Gasteiger charge is 2.08. The lowest BCUT2D eigenvalue weighted by molar-refractivity contribution is 0.252. The van der Waals surface area contributed by atoms with E-state index in [0.717, 1.165) is 5.56 Å². The van der Waals surface area contributed by atoms with Gasteiger partial charge >= 0.3 is 6.03 Å². The number of carbonyl (C=O) groups is 1. The number of anilines is 1. The van der Waals surface area contributed by atoms with Crippen molar-refractivity contribution < 1.29 is 23.7 Å². The monoisotopic (exact) mass is 374 g/mol. The summed E-state index contributed by atoms with van der Waals surface area (Å²) in [6.07, 6.45) is 0.664. The minimum absolute atomic E-state index is 0.303. The Bertz CT molecular complexity index is 742. The van der Waals surface area contributed by atoms with Gasteiger partial charge in [-0.25, -0.2) is 4.79 Å². The zero-order chi connectivity index (χ0) is 19.6. The Hall–Kier alpha value is -3.09. The van der Waals surface area contributed by atoms with E-state index in [1.54, 1.807) is 39.5 Å². The minimum Gasteiger partial charge on any atom is -0.497 e. The molecular weight excluding hydrogens is 348 g/mol. The van der Waals surface area contributed by atoms with Crippen LogP contribution in [0.2, 0.25) is 0 Å². The number of carbonyl (C=O) groups excluding carboxylic acids is 1. The van der Waals surface area contributed by atoms with Gasteiger partial charge in [0.1, 0.15) is 11.5 Å². The van der Waals surface area contributed by atoms with E-state index in [-0.39, 0.29) is 6.03 Å². The first-order chi connectivity index (χ1) is 13.1. The van der Waals surface area contributed by atoms with E-state index in [2.05, 4.69) is 10.6 Å². The average Bonchev–Trinajstić information content (AvgIpc) is 2.68. The Morgan fingerprint density at radius 2 is 1.63 bits per heavy atom. The van der Waals surface area contributed by atoms with Gasteiger partial charge in [-0.2, -0.15) is 0 Å². The fourth-order valence-corrected chi connectivity index (χ4v) is 2.52. The maximum Gasteiger partial charge on any atom is 0.319 e. The van der Waals surface area contributed by atoms with Crippen LogP contribution in [0.25, 0.3) is 0 Å². The molecule has 0 aromatic heterocycles. The molecule has 0 saturated heterocycles. The molecule has 2 aromatic rings. The minimum atomic E-state index is -0.303. The van der Waals surface area contributed by atoms with Crippen LogP contribution in [0.15, 0.2) is 36.4 Å². The van der Waals surface area contributed by atoms with E-state index >= 15 is 0 Å². The van der Waals surface area contributed by atoms with Crippen LogP contribution in [-0.2, 0) is 6.42 Å². The summed E-state index contributed by atoms with van der Waals surface area (Å²) in [5.41, 5.74) is 1.63. The molecule has 0 atom stereocenters. The Balaban J connectivity index is 1.89. The SMILES string of the molecule is CCOc1ccc(CCNC(=O)Nc2cc(OC)cc(OC)c2)cc1OC. The van der Waals surface area contributed by atoms with Crippen LogP contribution < -0.4 is 29.6 Å². The average molecular weight is 374 g/mol. The molecule has 0 aliphatic heterocycles. The molecule has 0 unspecified atom stereocenters. The fourth-order valence-electron chi connectivity index (χ4n) is 2.52. The van der Waals surface area contributed by atoms with E-state index in [9.17, 15) is 4.79 Å². The van der Waals surface area contributed by atoms with Crippen molar-refractivity contribution in [2.24, 2.45) is 0 Å². The summed E-state index contributed by atoms with van der Waals surface area (Å²) in [6.45, 7) is 2.98. The second kappa shape index (κ2) is 10.2. The third kappa shape index (κ3) is 5.99. The maximum absolute atomic E-state index is 12.1. The van der Waals surface area contributed by atoms with Crippen molar-refractivity contribution in [1.29, 1.82) is 0 Å². The smallest absolute Gasteiger partial charge is 0.319 e. The Morgan fingerprint density at radius 3 is 2.22 bits per heavy atom. The summed E-state index contributed by atoms with van der Waals surface area (Å²) in [7, 11) is 4.73. The summed E-state index contributed by atoms with van der Waals surface area (Å²) in [6, 6.07) is 10.6. The third-order valence-corrected chi connectivity index (χ3v) is 3.84. The number of benzene rings is 2. The molecular formula is C20H26N2O5. The van der Waals surface area contributed by atoms with Gasteiger partial charge in [0.05, 0.1) is 27.9 Å². The highest BCUT2D eigenvalue weighted by atomic mass is 16.5. The fraction of sp³-hybridized carbons (Fsp3) is 0.350. The summed E-state index contributed by atoms with van der Waals surface area (Å²) < 4.78 is 21.2. The van der Waals surface area contributed by atoms with Gasteiger partial charge in [0.25, 0.3) is 0 Å². The zero-order valence-electron chi connectivity index (χ0n) is 16.1. The lowest BCUT2D eigenvalue weighted by Gasteiger charge is -2.12. The van der Waals surface area contributed by atoms with Gasteiger partial charge in [-0.3, -0.25) is 0 Å². The number of rotatable bonds is 9. The van der Waals surface area contributed by atoms with Gasteiger partial charge in [-0.1, -0.05) is 6.07 Å². The molecule has 7 nitrogen and oxygen atoms in total. The number of amides is 2. The topological polar surface area (TPSA) is 78.1 Å². The number of hydrogen-bond donors (Lipinski definition) is 2. The summed E-state index contributed by atoms with van der Waals surface area (Å²) in [5.74, 6) is 2.60. The van der Waals surface area contributed by atoms with Crippen LogP contribution in [0.3, 0.4) is 0 Å². The largest absolute Gasteiger partial charge is 0.497 e. The predicted octanol–water partition coefficient (Wildman–Crippen LogP) is 3.48. The molecule has 0 aliphatic rings. The molecule has 7 heteroatoms. The number of urea groups is 1. The Morgan fingerprint density at radius 1 is 0.926 bits per heavy atom. The molecule has 0 radical (unpaired) electrons. The molecule has 2 N–H and O–H groups in total. The molecule has 0 spiro atoms. The number of ether oxygens (including phenoxy) is 4. The zero-order valence-corrected chi connectivity index (χ0v) is 16.1. The summed E-state index contributed by atoms with van der Waals surface area (Å²) >= 11 is 0. The van der Waals surface area contributed by atoms with Gasteiger partial charge in [0, 0.05) is 30.4 Å². The van der Waals surface area contributed by atoms with Crippen LogP contribution in [0.5, 0.6) is 23.0 Å². The van der Waals surface area contributed by atoms with Crippen molar-refractivity contribution in [3.63, 3.8) is 0 Å². The third-order valence-electron chi connectivity index (χ3n) is 3.84. The molecule has 27 heavy (non-hydrogen) atoms. The van der Waals surface area contributed by atoms with E-state index in [0.29, 0.717) is 48.3 Å². The van der Waals surface area contributed by atoms with Crippen molar-refractivity contribution in [1.82, 2.24) is 5.32 Å². The van der Waals surface area contributed by atoms with Gasteiger partial charge in [-0.15, -0.1) is 0 Å². The Kier molecular flexibility index (Phi) is 7.61. The van der Waals surface area contributed by atoms with Gasteiger partial charge in [-0.05, 0) is 31.0 Å². The first-order valence-corrected chi connectivity index (χ1v) is 8.67. The van der Waals surface area contributed by atoms with Crippen molar-refractivity contribution in [2.75, 3.05) is 39.8 Å². The van der Waals surface area contributed by atoms with Crippen LogP contribution in [0, 0.1) is 0 Å². The second-order valence-corrected chi connectivity index (χ2v) is 5.65. The molecule has 0 aliphatic carbocycles. The molecule has 2 rings (SSSR count). The van der Waals surface area contributed by atoms with E-state index in [4.69, 9.17) is 18.9 Å². The lowest BCUT2D eigenvalue weighted by Crippen LogP contribution is -2.30. The summed E-state index contributed by atoms with van der Waals surface area (Å²) in [5, 5.41) is 5.60. The highest BCUT2D eigenvalue weighted by Crippen LogP contribution is 2.28. The van der Waals surface area contributed by atoms with E-state index in [1.807, 2.05) is 25.1 Å². The maximum atomic E-state index is 12.1. The first-order valence-electron chi connectivity index (χ1n) is 8.67. The molecule has 0 bridgehead atoms. The highest BCUT2D eigenvalue weighted by molar-refractivity contribution is 5.89. The predicted molar refractivity (Wildman–Crippen MR) is 104 cm³/mol. The molecule has 0 heterocycles. The van der Waals surface area contributed by atoms with Crippen molar-refractivity contribution in [3.05, 3.63) is 42.0 Å². The van der Waals surface area contributed by atoms with Crippen LogP contribution in [-0.4, -0.2) is 40.5 Å².